The number of hydrogen-bond acceptors (Lipinski definition) is 3. The fraction of sp³-hybridized carbons (Fsp3) is 0.455. The summed E-state index contributed by atoms with van der Waals surface area (Å²) in [5.74, 6) is 0. The second-order valence-corrected chi connectivity index (χ2v) is 5.48. The first-order valence-corrected chi connectivity index (χ1v) is 7.18. The Bertz CT molecular complexity index is 429. The molecular weight excluding hydrogens is 224 g/mol. The van der Waals surface area contributed by atoms with Crippen molar-refractivity contribution in [3.63, 3.8) is 0 Å². The number of benzene rings is 1. The van der Waals surface area contributed by atoms with Crippen molar-refractivity contribution >= 4 is 15.7 Å². The van der Waals surface area contributed by atoms with E-state index in [0.717, 1.165) is 17.8 Å². The van der Waals surface area contributed by atoms with Gasteiger partial charge in [-0.1, -0.05) is 12.1 Å². The Hall–Kier alpha value is -1.07. The van der Waals surface area contributed by atoms with Gasteiger partial charge in [-0.05, 0) is 31.0 Å². The van der Waals surface area contributed by atoms with Gasteiger partial charge in [0.25, 0.3) is 0 Å². The van der Waals surface area contributed by atoms with Gasteiger partial charge in [0, 0.05) is 18.8 Å². The topological polar surface area (TPSA) is 58.2 Å². The third kappa shape index (κ3) is 5.14. The molecule has 5 heteroatoms. The maximum Gasteiger partial charge on any atom is 0.208 e. The molecule has 0 aliphatic rings. The van der Waals surface area contributed by atoms with Gasteiger partial charge in [0.05, 0.1) is 6.26 Å². The van der Waals surface area contributed by atoms with Gasteiger partial charge in [-0.25, -0.2) is 13.1 Å². The van der Waals surface area contributed by atoms with Crippen LogP contribution in [0.15, 0.2) is 24.3 Å². The number of anilines is 1. The lowest BCUT2D eigenvalue weighted by atomic mass is 10.1. The van der Waals surface area contributed by atoms with Crippen LogP contribution >= 0.6 is 0 Å². The third-order valence-electron chi connectivity index (χ3n) is 2.09. The molecule has 0 atom stereocenters. The molecule has 0 saturated carbocycles. The highest BCUT2D eigenvalue weighted by Gasteiger charge is 2.00. The molecule has 0 aromatic heterocycles. The average Bonchev–Trinajstić information content (AvgIpc) is 2.17. The number of nitrogens with one attached hydrogen (secondary N) is 2. The summed E-state index contributed by atoms with van der Waals surface area (Å²) >= 11 is 0. The summed E-state index contributed by atoms with van der Waals surface area (Å²) in [6.45, 7) is 3.36. The highest BCUT2D eigenvalue weighted by atomic mass is 32.2. The molecule has 0 amide bonds. The molecule has 0 radical (unpaired) electrons. The van der Waals surface area contributed by atoms with Crippen LogP contribution in [0.3, 0.4) is 0 Å². The van der Waals surface area contributed by atoms with Gasteiger partial charge >= 0.3 is 0 Å². The Morgan fingerprint density at radius 3 is 2.69 bits per heavy atom. The van der Waals surface area contributed by atoms with Crippen molar-refractivity contribution < 1.29 is 8.42 Å². The number of hydrogen-bond donors (Lipinski definition) is 2. The van der Waals surface area contributed by atoms with E-state index in [2.05, 4.69) is 10.0 Å². The van der Waals surface area contributed by atoms with E-state index in [4.69, 9.17) is 0 Å². The Morgan fingerprint density at radius 1 is 1.31 bits per heavy atom. The van der Waals surface area contributed by atoms with Crippen LogP contribution in [0.4, 0.5) is 5.69 Å². The molecule has 90 valence electrons. The minimum Gasteiger partial charge on any atom is -0.385 e. The van der Waals surface area contributed by atoms with E-state index in [1.54, 1.807) is 0 Å². The zero-order chi connectivity index (χ0) is 12.0. The van der Waals surface area contributed by atoms with E-state index < -0.39 is 10.0 Å². The van der Waals surface area contributed by atoms with E-state index >= 15 is 0 Å². The molecule has 1 aromatic rings. The molecule has 0 aliphatic heterocycles. The van der Waals surface area contributed by atoms with E-state index in [9.17, 15) is 8.42 Å². The van der Waals surface area contributed by atoms with Crippen molar-refractivity contribution in [2.24, 2.45) is 0 Å². The van der Waals surface area contributed by atoms with Crippen LogP contribution in [-0.2, 0) is 16.4 Å². The van der Waals surface area contributed by atoms with E-state index in [-0.39, 0.29) is 0 Å². The van der Waals surface area contributed by atoms with Crippen molar-refractivity contribution in [1.82, 2.24) is 4.72 Å². The van der Waals surface area contributed by atoms with Gasteiger partial charge in [-0.2, -0.15) is 0 Å². The summed E-state index contributed by atoms with van der Waals surface area (Å²) in [5.41, 5.74) is 2.19. The van der Waals surface area contributed by atoms with Crippen molar-refractivity contribution in [3.05, 3.63) is 29.8 Å². The molecule has 16 heavy (non-hydrogen) atoms. The Labute approximate surface area is 97.1 Å². The lowest BCUT2D eigenvalue weighted by Crippen LogP contribution is -2.24. The first kappa shape index (κ1) is 13.0. The maximum atomic E-state index is 10.9. The van der Waals surface area contributed by atoms with Crippen LogP contribution in [0, 0.1) is 0 Å². The molecule has 4 nitrogen and oxygen atoms in total. The normalized spacial score (nSPS) is 11.4. The largest absolute Gasteiger partial charge is 0.385 e. The Morgan fingerprint density at radius 2 is 2.06 bits per heavy atom. The van der Waals surface area contributed by atoms with Crippen molar-refractivity contribution in [2.75, 3.05) is 24.7 Å². The first-order chi connectivity index (χ1) is 7.51. The fourth-order valence-corrected chi connectivity index (χ4v) is 1.89. The SMILES string of the molecule is CCNc1cccc(CCNS(C)(=O)=O)c1. The first-order valence-electron chi connectivity index (χ1n) is 5.28. The van der Waals surface area contributed by atoms with Gasteiger partial charge in [0.15, 0.2) is 0 Å². The van der Waals surface area contributed by atoms with Crippen molar-refractivity contribution in [3.8, 4) is 0 Å². The second-order valence-electron chi connectivity index (χ2n) is 3.65. The Balaban J connectivity index is 2.51. The molecule has 0 fully saturated rings. The molecule has 2 N–H and O–H groups in total. The van der Waals surface area contributed by atoms with Crippen LogP contribution in [-0.4, -0.2) is 27.8 Å². The standard InChI is InChI=1S/C11H18N2O2S/c1-3-12-11-6-4-5-10(9-11)7-8-13-16(2,14)15/h4-6,9,12-13H,3,7-8H2,1-2H3. The molecule has 0 spiro atoms. The summed E-state index contributed by atoms with van der Waals surface area (Å²) in [5, 5.41) is 3.22. The smallest absolute Gasteiger partial charge is 0.208 e. The summed E-state index contributed by atoms with van der Waals surface area (Å²) in [6.07, 6.45) is 1.87. The van der Waals surface area contributed by atoms with E-state index in [1.807, 2.05) is 31.2 Å². The zero-order valence-electron chi connectivity index (χ0n) is 9.66. The predicted molar refractivity (Wildman–Crippen MR) is 67.2 cm³/mol. The molecule has 1 rings (SSSR count). The lowest BCUT2D eigenvalue weighted by Gasteiger charge is -2.06. The summed E-state index contributed by atoms with van der Waals surface area (Å²) in [4.78, 5) is 0. The molecular formula is C11H18N2O2S. The Kier molecular flexibility index (Phi) is 4.76. The van der Waals surface area contributed by atoms with Crippen molar-refractivity contribution in [2.45, 2.75) is 13.3 Å². The number of rotatable bonds is 6. The van der Waals surface area contributed by atoms with E-state index in [0.29, 0.717) is 13.0 Å². The van der Waals surface area contributed by atoms with Crippen LogP contribution in [0.25, 0.3) is 0 Å². The molecule has 0 heterocycles. The van der Waals surface area contributed by atoms with Gasteiger partial charge < -0.3 is 5.32 Å². The molecule has 0 aliphatic carbocycles. The van der Waals surface area contributed by atoms with Gasteiger partial charge in [-0.3, -0.25) is 0 Å². The summed E-state index contributed by atoms with van der Waals surface area (Å²) in [6, 6.07) is 7.99. The fourth-order valence-electron chi connectivity index (χ4n) is 1.42. The second kappa shape index (κ2) is 5.86. The molecule has 0 bridgehead atoms. The lowest BCUT2D eigenvalue weighted by molar-refractivity contribution is 0.588. The van der Waals surface area contributed by atoms with Gasteiger partial charge in [0.1, 0.15) is 0 Å². The van der Waals surface area contributed by atoms with Gasteiger partial charge in [-0.15, -0.1) is 0 Å². The minimum atomic E-state index is -3.08. The predicted octanol–water partition coefficient (Wildman–Crippen LogP) is 1.21. The quantitative estimate of drug-likeness (QED) is 0.788. The van der Waals surface area contributed by atoms with Crippen LogP contribution < -0.4 is 10.0 Å². The van der Waals surface area contributed by atoms with Crippen LogP contribution in [0.1, 0.15) is 12.5 Å². The summed E-state index contributed by atoms with van der Waals surface area (Å²) < 4.78 is 24.2. The monoisotopic (exact) mass is 242 g/mol. The van der Waals surface area contributed by atoms with Crippen molar-refractivity contribution in [1.29, 1.82) is 0 Å². The maximum absolute atomic E-state index is 10.9. The molecule has 1 aromatic carbocycles. The highest BCUT2D eigenvalue weighted by molar-refractivity contribution is 7.88. The highest BCUT2D eigenvalue weighted by Crippen LogP contribution is 2.10. The third-order valence-corrected chi connectivity index (χ3v) is 2.81. The summed E-state index contributed by atoms with van der Waals surface area (Å²) in [7, 11) is -3.08. The zero-order valence-corrected chi connectivity index (χ0v) is 10.5. The van der Waals surface area contributed by atoms with Gasteiger partial charge in [0.2, 0.25) is 10.0 Å². The molecule has 0 unspecified atom stereocenters. The van der Waals surface area contributed by atoms with E-state index in [1.165, 1.54) is 6.26 Å². The average molecular weight is 242 g/mol. The molecule has 0 saturated heterocycles. The minimum absolute atomic E-state index is 0.439. The number of sulfonamides is 1. The van der Waals surface area contributed by atoms with Crippen LogP contribution in [0.5, 0.6) is 0 Å². The van der Waals surface area contributed by atoms with Crippen LogP contribution in [0.2, 0.25) is 0 Å².